The summed E-state index contributed by atoms with van der Waals surface area (Å²) in [7, 11) is 0. The van der Waals surface area contributed by atoms with Gasteiger partial charge in [-0.2, -0.15) is 4.98 Å². The molecule has 0 saturated carbocycles. The van der Waals surface area contributed by atoms with E-state index in [1.165, 1.54) is 6.07 Å². The van der Waals surface area contributed by atoms with E-state index in [4.69, 9.17) is 14.0 Å². The summed E-state index contributed by atoms with van der Waals surface area (Å²) in [5.41, 5.74) is 0.683. The van der Waals surface area contributed by atoms with Gasteiger partial charge >= 0.3 is 0 Å². The first-order valence-corrected chi connectivity index (χ1v) is 7.30. The molecule has 0 radical (unpaired) electrons. The molecule has 0 aliphatic heterocycles. The van der Waals surface area contributed by atoms with Crippen molar-refractivity contribution in [2.45, 2.75) is 13.5 Å². The third kappa shape index (κ3) is 3.51. The Balaban J connectivity index is 1.74. The standard InChI is InChI=1S/C17H14F2N2O3/c1-2-22-14-6-4-3-5-12(14)17-20-16(24-21-17)10-23-15-8-7-11(18)9-13(15)19/h3-9H,2,10H2,1H3. The second-order valence-electron chi connectivity index (χ2n) is 4.80. The molecule has 1 aromatic heterocycles. The van der Waals surface area contributed by atoms with Crippen LogP contribution in [0.2, 0.25) is 0 Å². The van der Waals surface area contributed by atoms with Crippen LogP contribution in [0.15, 0.2) is 47.0 Å². The molecular formula is C17H14F2N2O3. The fourth-order valence-electron chi connectivity index (χ4n) is 2.09. The number of aromatic nitrogens is 2. The number of hydrogen-bond donors (Lipinski definition) is 0. The average Bonchev–Trinajstić information content (AvgIpc) is 3.04. The number of para-hydroxylation sites is 1. The molecule has 2 aromatic carbocycles. The zero-order chi connectivity index (χ0) is 16.9. The Hall–Kier alpha value is -2.96. The first-order chi connectivity index (χ1) is 11.7. The lowest BCUT2D eigenvalue weighted by atomic mass is 10.2. The largest absolute Gasteiger partial charge is 0.493 e. The van der Waals surface area contributed by atoms with E-state index in [-0.39, 0.29) is 18.2 Å². The van der Waals surface area contributed by atoms with Crippen molar-refractivity contribution < 1.29 is 22.8 Å². The first-order valence-electron chi connectivity index (χ1n) is 7.30. The molecule has 24 heavy (non-hydrogen) atoms. The van der Waals surface area contributed by atoms with Crippen molar-refractivity contribution in [3.8, 4) is 22.9 Å². The van der Waals surface area contributed by atoms with Crippen LogP contribution in [0.25, 0.3) is 11.4 Å². The number of rotatable bonds is 6. The monoisotopic (exact) mass is 332 g/mol. The lowest BCUT2D eigenvalue weighted by Crippen LogP contribution is -1.98. The molecule has 0 N–H and O–H groups in total. The highest BCUT2D eigenvalue weighted by Gasteiger charge is 2.14. The highest BCUT2D eigenvalue weighted by Crippen LogP contribution is 2.27. The fourth-order valence-corrected chi connectivity index (χ4v) is 2.09. The Morgan fingerprint density at radius 1 is 1.04 bits per heavy atom. The van der Waals surface area contributed by atoms with E-state index in [0.717, 1.165) is 12.1 Å². The summed E-state index contributed by atoms with van der Waals surface area (Å²) in [6, 6.07) is 10.3. The minimum absolute atomic E-state index is 0.0918. The smallest absolute Gasteiger partial charge is 0.264 e. The molecule has 3 rings (SSSR count). The van der Waals surface area contributed by atoms with Crippen molar-refractivity contribution in [1.82, 2.24) is 10.1 Å². The molecule has 0 aliphatic rings. The average molecular weight is 332 g/mol. The summed E-state index contributed by atoms with van der Waals surface area (Å²) in [6.07, 6.45) is 0. The van der Waals surface area contributed by atoms with Gasteiger partial charge in [-0.1, -0.05) is 17.3 Å². The van der Waals surface area contributed by atoms with Gasteiger partial charge in [0, 0.05) is 6.07 Å². The van der Waals surface area contributed by atoms with Crippen molar-refractivity contribution >= 4 is 0 Å². The van der Waals surface area contributed by atoms with E-state index in [1.807, 2.05) is 19.1 Å². The Bertz CT molecular complexity index is 836. The lowest BCUT2D eigenvalue weighted by molar-refractivity contribution is 0.234. The zero-order valence-corrected chi connectivity index (χ0v) is 12.8. The number of benzene rings is 2. The molecule has 3 aromatic rings. The summed E-state index contributed by atoms with van der Waals surface area (Å²) < 4.78 is 42.2. The van der Waals surface area contributed by atoms with Crippen molar-refractivity contribution in [3.63, 3.8) is 0 Å². The Kier molecular flexibility index (Phi) is 4.69. The van der Waals surface area contributed by atoms with Crippen LogP contribution in [-0.2, 0) is 6.61 Å². The number of hydrogen-bond acceptors (Lipinski definition) is 5. The summed E-state index contributed by atoms with van der Waals surface area (Å²) in [5, 5.41) is 3.88. The van der Waals surface area contributed by atoms with Gasteiger partial charge < -0.3 is 14.0 Å². The van der Waals surface area contributed by atoms with Gasteiger partial charge in [0.1, 0.15) is 11.6 Å². The maximum Gasteiger partial charge on any atom is 0.264 e. The van der Waals surface area contributed by atoms with Crippen LogP contribution in [0.1, 0.15) is 12.8 Å². The van der Waals surface area contributed by atoms with Crippen molar-refractivity contribution in [1.29, 1.82) is 0 Å². The fraction of sp³-hybridized carbons (Fsp3) is 0.176. The number of ether oxygens (including phenoxy) is 2. The van der Waals surface area contributed by atoms with Crippen LogP contribution >= 0.6 is 0 Å². The highest BCUT2D eigenvalue weighted by molar-refractivity contribution is 5.63. The van der Waals surface area contributed by atoms with E-state index in [9.17, 15) is 8.78 Å². The number of halogens is 2. The Labute approximate surface area is 136 Å². The Morgan fingerprint density at radius 2 is 1.88 bits per heavy atom. The van der Waals surface area contributed by atoms with E-state index < -0.39 is 11.6 Å². The normalized spacial score (nSPS) is 10.6. The molecule has 124 valence electrons. The van der Waals surface area contributed by atoms with Gasteiger partial charge in [0.2, 0.25) is 5.82 Å². The van der Waals surface area contributed by atoms with Crippen molar-refractivity contribution in [2.75, 3.05) is 6.61 Å². The minimum Gasteiger partial charge on any atom is -0.493 e. The van der Waals surface area contributed by atoms with Crippen LogP contribution in [0.4, 0.5) is 8.78 Å². The molecule has 1 heterocycles. The molecule has 7 heteroatoms. The molecule has 0 spiro atoms. The summed E-state index contributed by atoms with van der Waals surface area (Å²) in [4.78, 5) is 4.21. The lowest BCUT2D eigenvalue weighted by Gasteiger charge is -2.06. The molecule has 0 fully saturated rings. The topological polar surface area (TPSA) is 57.4 Å². The van der Waals surface area contributed by atoms with Gasteiger partial charge in [0.05, 0.1) is 12.2 Å². The van der Waals surface area contributed by atoms with E-state index in [1.54, 1.807) is 12.1 Å². The van der Waals surface area contributed by atoms with Gasteiger partial charge in [-0.05, 0) is 31.2 Å². The first kappa shape index (κ1) is 15.9. The van der Waals surface area contributed by atoms with Gasteiger partial charge in [0.15, 0.2) is 18.2 Å². The summed E-state index contributed by atoms with van der Waals surface area (Å²) in [5.74, 6) is -0.412. The number of nitrogens with zero attached hydrogens (tertiary/aromatic N) is 2. The second-order valence-corrected chi connectivity index (χ2v) is 4.80. The maximum atomic E-state index is 13.5. The van der Waals surface area contributed by atoms with Gasteiger partial charge in [0.25, 0.3) is 5.89 Å². The molecule has 5 nitrogen and oxygen atoms in total. The molecule has 0 unspecified atom stereocenters. The SMILES string of the molecule is CCOc1ccccc1-c1noc(COc2ccc(F)cc2F)n1. The molecular weight excluding hydrogens is 318 g/mol. The Morgan fingerprint density at radius 3 is 2.67 bits per heavy atom. The van der Waals surface area contributed by atoms with E-state index in [0.29, 0.717) is 23.7 Å². The predicted octanol–water partition coefficient (Wildman–Crippen LogP) is 3.99. The quantitative estimate of drug-likeness (QED) is 0.683. The van der Waals surface area contributed by atoms with Crippen LogP contribution in [0, 0.1) is 11.6 Å². The third-order valence-corrected chi connectivity index (χ3v) is 3.14. The summed E-state index contributed by atoms with van der Waals surface area (Å²) >= 11 is 0. The molecule has 0 saturated heterocycles. The van der Waals surface area contributed by atoms with Crippen molar-refractivity contribution in [2.24, 2.45) is 0 Å². The van der Waals surface area contributed by atoms with Crippen LogP contribution in [0.3, 0.4) is 0 Å². The molecule has 0 aliphatic carbocycles. The zero-order valence-electron chi connectivity index (χ0n) is 12.8. The van der Waals surface area contributed by atoms with Gasteiger partial charge in [-0.15, -0.1) is 0 Å². The third-order valence-electron chi connectivity index (χ3n) is 3.14. The second kappa shape index (κ2) is 7.08. The minimum atomic E-state index is -0.795. The predicted molar refractivity (Wildman–Crippen MR) is 81.6 cm³/mol. The molecule has 0 amide bonds. The maximum absolute atomic E-state index is 13.5. The van der Waals surface area contributed by atoms with Crippen LogP contribution in [0.5, 0.6) is 11.5 Å². The highest BCUT2D eigenvalue weighted by atomic mass is 19.1. The van der Waals surface area contributed by atoms with Gasteiger partial charge in [-0.25, -0.2) is 8.78 Å². The van der Waals surface area contributed by atoms with Crippen LogP contribution in [-0.4, -0.2) is 16.7 Å². The van der Waals surface area contributed by atoms with Crippen LogP contribution < -0.4 is 9.47 Å². The van der Waals surface area contributed by atoms with E-state index in [2.05, 4.69) is 10.1 Å². The van der Waals surface area contributed by atoms with Gasteiger partial charge in [-0.3, -0.25) is 0 Å². The van der Waals surface area contributed by atoms with E-state index >= 15 is 0 Å². The molecule has 0 bridgehead atoms. The summed E-state index contributed by atoms with van der Waals surface area (Å²) in [6.45, 7) is 2.25. The molecule has 0 atom stereocenters. The van der Waals surface area contributed by atoms with Crippen molar-refractivity contribution in [3.05, 3.63) is 60.0 Å².